The van der Waals surface area contributed by atoms with Gasteiger partial charge in [0.05, 0.1) is 34.7 Å². The molecule has 0 radical (unpaired) electrons. The van der Waals surface area contributed by atoms with Gasteiger partial charge >= 0.3 is 0 Å². The summed E-state index contributed by atoms with van der Waals surface area (Å²) >= 11 is 3.05. The normalized spacial score (nSPS) is 14.0. The van der Waals surface area contributed by atoms with Crippen LogP contribution in [0.4, 0.5) is 0 Å². The summed E-state index contributed by atoms with van der Waals surface area (Å²) in [7, 11) is 5.52. The third kappa shape index (κ3) is 10.4. The Balaban J connectivity index is 0.000000189. The van der Waals surface area contributed by atoms with Gasteiger partial charge in [0.1, 0.15) is 5.78 Å². The minimum Gasteiger partial charge on any atom is -0.493 e. The highest BCUT2D eigenvalue weighted by Crippen LogP contribution is 2.38. The summed E-state index contributed by atoms with van der Waals surface area (Å²) in [4.78, 5) is 25.6. The number of likely N-dealkylation sites (N-methyl/N-ethyl adjacent to an activating group) is 1. The number of aryl methyl sites for hydroxylation is 2. The molecule has 1 fully saturated rings. The molecule has 0 amide bonds. The average molecular weight is 767 g/mol. The lowest BCUT2D eigenvalue weighted by Crippen LogP contribution is -2.48. The number of hydrogen-bond donors (Lipinski definition) is 0. The quantitative estimate of drug-likeness (QED) is 0.101. The summed E-state index contributed by atoms with van der Waals surface area (Å²) in [6.45, 7) is 8.88. The van der Waals surface area contributed by atoms with Crippen LogP contribution in [-0.2, 0) is 17.6 Å². The van der Waals surface area contributed by atoms with Crippen LogP contribution in [0, 0.1) is 0 Å². The van der Waals surface area contributed by atoms with E-state index in [9.17, 15) is 4.79 Å². The predicted octanol–water partition coefficient (Wildman–Crippen LogP) is 10.1. The lowest BCUT2D eigenvalue weighted by Gasteiger charge is -2.37. The Labute approximate surface area is 326 Å². The molecular weight excluding hydrogens is 717 g/mol. The van der Waals surface area contributed by atoms with Crippen LogP contribution in [-0.4, -0.2) is 79.0 Å². The molecule has 7 rings (SSSR count). The Kier molecular flexibility index (Phi) is 13.9. The van der Waals surface area contributed by atoms with Crippen LogP contribution in [0.1, 0.15) is 50.7 Å². The van der Waals surface area contributed by atoms with E-state index in [1.807, 2.05) is 73.7 Å². The Bertz CT molecular complexity index is 2060. The number of nitrogens with zero attached hydrogens (tertiary/aromatic N) is 4. The number of benzene rings is 4. The number of fused-ring (bicyclic) bond motifs is 2. The first-order valence-electron chi connectivity index (χ1n) is 18.7. The van der Waals surface area contributed by atoms with Crippen LogP contribution in [0.3, 0.4) is 0 Å². The molecule has 2 aromatic heterocycles. The van der Waals surface area contributed by atoms with Crippen molar-refractivity contribution < 1.29 is 23.7 Å². The first-order chi connectivity index (χ1) is 26.3. The monoisotopic (exact) mass is 766 g/mol. The largest absolute Gasteiger partial charge is 0.493 e. The van der Waals surface area contributed by atoms with Crippen molar-refractivity contribution in [3.63, 3.8) is 0 Å². The predicted molar refractivity (Wildman–Crippen MR) is 220 cm³/mol. The number of aromatic nitrogens is 2. The number of ether oxygens (including phenoxy) is 4. The second-order valence-corrected chi connectivity index (χ2v) is 15.4. The number of ketones is 1. The van der Waals surface area contributed by atoms with Crippen LogP contribution in [0.2, 0.25) is 0 Å². The Hall–Kier alpha value is -4.55. The van der Waals surface area contributed by atoms with E-state index in [1.165, 1.54) is 55.9 Å². The van der Waals surface area contributed by atoms with Crippen LogP contribution in [0.15, 0.2) is 84.9 Å². The maximum absolute atomic E-state index is 11.5. The lowest BCUT2D eigenvalue weighted by atomic mass is 10.0. The molecule has 0 N–H and O–H groups in total. The molecular formula is C43H50N4O5S2. The molecule has 6 aromatic rings. The van der Waals surface area contributed by atoms with E-state index in [1.54, 1.807) is 25.6 Å². The third-order valence-corrected chi connectivity index (χ3v) is 11.6. The molecule has 0 saturated carbocycles. The molecule has 4 aromatic carbocycles. The van der Waals surface area contributed by atoms with E-state index in [2.05, 4.69) is 51.9 Å². The molecule has 3 heterocycles. The van der Waals surface area contributed by atoms with E-state index in [0.717, 1.165) is 38.2 Å². The SMILES string of the molecule is CCC(=O)CCc1ccc(Oc2nc3ccccc3s2)c(OC)c1.CCC(CCc1ccc(Oc2nc3ccccc3s2)c(OC)c1)N1CCN(C)CC1. The van der Waals surface area contributed by atoms with Crippen molar-refractivity contribution >= 4 is 48.9 Å². The molecule has 0 spiro atoms. The molecule has 1 aliphatic heterocycles. The van der Waals surface area contributed by atoms with Crippen molar-refractivity contribution in [2.45, 2.75) is 58.4 Å². The number of piperazine rings is 1. The topological polar surface area (TPSA) is 86.2 Å². The van der Waals surface area contributed by atoms with Crippen molar-refractivity contribution in [2.75, 3.05) is 47.4 Å². The fourth-order valence-electron chi connectivity index (χ4n) is 6.51. The zero-order valence-electron chi connectivity index (χ0n) is 31.9. The van der Waals surface area contributed by atoms with Crippen LogP contribution >= 0.6 is 22.7 Å². The Morgan fingerprint density at radius 3 is 1.70 bits per heavy atom. The minimum absolute atomic E-state index is 0.267. The number of Topliss-reactive ketones (excluding diaryl/α,β-unsaturated/α-hetero) is 1. The van der Waals surface area contributed by atoms with Gasteiger partial charge in [0.2, 0.25) is 0 Å². The van der Waals surface area contributed by atoms with Crippen LogP contribution in [0.25, 0.3) is 20.4 Å². The maximum Gasteiger partial charge on any atom is 0.279 e. The summed E-state index contributed by atoms with van der Waals surface area (Å²) in [5.41, 5.74) is 4.23. The second kappa shape index (κ2) is 19.2. The smallest absolute Gasteiger partial charge is 0.279 e. The van der Waals surface area contributed by atoms with Gasteiger partial charge in [-0.1, -0.05) is 72.9 Å². The van der Waals surface area contributed by atoms with E-state index < -0.39 is 0 Å². The Morgan fingerprint density at radius 2 is 1.22 bits per heavy atom. The van der Waals surface area contributed by atoms with E-state index in [4.69, 9.17) is 18.9 Å². The molecule has 0 aliphatic carbocycles. The number of carbonyl (C=O) groups excluding carboxylic acids is 1. The van der Waals surface area contributed by atoms with Gasteiger partial charge in [-0.05, 0) is 92.4 Å². The zero-order valence-corrected chi connectivity index (χ0v) is 33.5. The summed E-state index contributed by atoms with van der Waals surface area (Å²) in [6.07, 6.45) is 5.25. The number of para-hydroxylation sites is 2. The van der Waals surface area contributed by atoms with Gasteiger partial charge in [-0.3, -0.25) is 9.69 Å². The highest BCUT2D eigenvalue weighted by molar-refractivity contribution is 7.20. The number of methoxy groups -OCH3 is 2. The van der Waals surface area contributed by atoms with E-state index in [0.29, 0.717) is 52.9 Å². The second-order valence-electron chi connectivity index (χ2n) is 13.4. The van der Waals surface area contributed by atoms with Gasteiger partial charge in [0.25, 0.3) is 10.4 Å². The highest BCUT2D eigenvalue weighted by Gasteiger charge is 2.21. The number of hydrogen-bond acceptors (Lipinski definition) is 11. The average Bonchev–Trinajstić information content (AvgIpc) is 3.82. The maximum atomic E-state index is 11.5. The molecule has 1 saturated heterocycles. The van der Waals surface area contributed by atoms with Crippen molar-refractivity contribution in [3.05, 3.63) is 96.1 Å². The van der Waals surface area contributed by atoms with Crippen molar-refractivity contribution in [1.82, 2.24) is 19.8 Å². The Morgan fingerprint density at radius 1 is 0.704 bits per heavy atom. The zero-order chi connectivity index (χ0) is 37.9. The summed E-state index contributed by atoms with van der Waals surface area (Å²) < 4.78 is 25.2. The molecule has 9 nitrogen and oxygen atoms in total. The molecule has 11 heteroatoms. The molecule has 284 valence electrons. The van der Waals surface area contributed by atoms with Crippen LogP contribution < -0.4 is 18.9 Å². The van der Waals surface area contributed by atoms with Crippen molar-refractivity contribution in [3.8, 4) is 33.4 Å². The minimum atomic E-state index is 0.267. The summed E-state index contributed by atoms with van der Waals surface area (Å²) in [5, 5.41) is 1.23. The number of carbonyl (C=O) groups is 1. The fourth-order valence-corrected chi connectivity index (χ4v) is 8.16. The standard InChI is InChI=1S/C24H31N3O2S.C19H19NO3S/c1-4-19(27-15-13-26(2)14-16-27)11-9-18-10-12-21(22(17-18)28-3)29-24-25-20-7-5-6-8-23(20)30-24;1-3-14(21)10-8-13-9-11-16(17(12-13)22-2)23-19-20-15-6-4-5-7-18(15)24-19/h5-8,10,12,17,19H,4,9,11,13-16H2,1-3H3;4-7,9,11-12H,3,8,10H2,1-2H3. The third-order valence-electron chi connectivity index (χ3n) is 9.78. The molecule has 1 unspecified atom stereocenters. The van der Waals surface area contributed by atoms with E-state index in [-0.39, 0.29) is 5.78 Å². The summed E-state index contributed by atoms with van der Waals surface area (Å²) in [5.74, 6) is 3.02. The van der Waals surface area contributed by atoms with Gasteiger partial charge in [-0.25, -0.2) is 9.97 Å². The molecule has 1 aliphatic rings. The van der Waals surface area contributed by atoms with Gasteiger partial charge in [-0.15, -0.1) is 0 Å². The van der Waals surface area contributed by atoms with Gasteiger partial charge < -0.3 is 23.8 Å². The number of thiazole rings is 2. The highest BCUT2D eigenvalue weighted by atomic mass is 32.1. The fraction of sp³-hybridized carbons (Fsp3) is 0.372. The van der Waals surface area contributed by atoms with Gasteiger partial charge in [-0.2, -0.15) is 0 Å². The van der Waals surface area contributed by atoms with Crippen molar-refractivity contribution in [1.29, 1.82) is 0 Å². The van der Waals surface area contributed by atoms with Crippen LogP contribution in [0.5, 0.6) is 33.4 Å². The van der Waals surface area contributed by atoms with E-state index >= 15 is 0 Å². The van der Waals surface area contributed by atoms with Gasteiger partial charge in [0, 0.05) is 45.1 Å². The lowest BCUT2D eigenvalue weighted by molar-refractivity contribution is -0.118. The molecule has 1 atom stereocenters. The van der Waals surface area contributed by atoms with Gasteiger partial charge in [0.15, 0.2) is 23.0 Å². The number of rotatable bonds is 15. The first-order valence-corrected chi connectivity index (χ1v) is 20.3. The first kappa shape index (κ1) is 39.2. The summed E-state index contributed by atoms with van der Waals surface area (Å²) in [6, 6.07) is 28.7. The molecule has 54 heavy (non-hydrogen) atoms. The molecule has 0 bridgehead atoms. The van der Waals surface area contributed by atoms with Crippen molar-refractivity contribution in [2.24, 2.45) is 0 Å².